The molecule has 1 saturated carbocycles. The Morgan fingerprint density at radius 2 is 1.75 bits per heavy atom. The van der Waals surface area contributed by atoms with E-state index < -0.39 is 17.8 Å². The average Bonchev–Trinajstić information content (AvgIpc) is 2.48. The Labute approximate surface area is 119 Å². The van der Waals surface area contributed by atoms with Crippen molar-refractivity contribution in [2.45, 2.75) is 32.1 Å². The molecule has 0 radical (unpaired) electrons. The number of nitrogens with one attached hydrogen (secondary N) is 1. The number of carbonyl (C=O) groups excluding carboxylic acids is 2. The molecule has 2 atom stereocenters. The minimum absolute atomic E-state index is 0.144. The van der Waals surface area contributed by atoms with Crippen LogP contribution in [0, 0.1) is 11.8 Å². The van der Waals surface area contributed by atoms with Gasteiger partial charge in [-0.2, -0.15) is 0 Å². The van der Waals surface area contributed by atoms with Crippen LogP contribution in [0.15, 0.2) is 30.3 Å². The maximum atomic E-state index is 12.1. The first-order valence-electron chi connectivity index (χ1n) is 7.21. The SMILES string of the molecule is O=C([O-])[C@H]1CCCC[C@@H]1C(=O)NCCc1ccccc1. The predicted molar refractivity (Wildman–Crippen MR) is 73.6 cm³/mol. The van der Waals surface area contributed by atoms with E-state index >= 15 is 0 Å². The van der Waals surface area contributed by atoms with Gasteiger partial charge in [-0.15, -0.1) is 0 Å². The van der Waals surface area contributed by atoms with Gasteiger partial charge in [0.1, 0.15) is 0 Å². The lowest BCUT2D eigenvalue weighted by atomic mass is 9.78. The van der Waals surface area contributed by atoms with Crippen LogP contribution in [0.3, 0.4) is 0 Å². The van der Waals surface area contributed by atoms with E-state index in [-0.39, 0.29) is 5.91 Å². The van der Waals surface area contributed by atoms with Gasteiger partial charge in [0.2, 0.25) is 5.91 Å². The highest BCUT2D eigenvalue weighted by atomic mass is 16.4. The van der Waals surface area contributed by atoms with E-state index in [1.807, 2.05) is 30.3 Å². The molecular formula is C16H20NO3-. The molecule has 4 heteroatoms. The van der Waals surface area contributed by atoms with Crippen molar-refractivity contribution in [3.63, 3.8) is 0 Å². The second-order valence-electron chi connectivity index (χ2n) is 5.34. The Morgan fingerprint density at radius 1 is 1.10 bits per heavy atom. The highest BCUT2D eigenvalue weighted by Crippen LogP contribution is 2.29. The van der Waals surface area contributed by atoms with Crippen LogP contribution in [0.2, 0.25) is 0 Å². The van der Waals surface area contributed by atoms with Crippen molar-refractivity contribution in [3.8, 4) is 0 Å². The summed E-state index contributed by atoms with van der Waals surface area (Å²) in [4.78, 5) is 23.2. The summed E-state index contributed by atoms with van der Waals surface area (Å²) in [7, 11) is 0. The minimum Gasteiger partial charge on any atom is -0.550 e. The van der Waals surface area contributed by atoms with Gasteiger partial charge in [-0.05, 0) is 24.8 Å². The average molecular weight is 274 g/mol. The van der Waals surface area contributed by atoms with Gasteiger partial charge in [0.25, 0.3) is 0 Å². The molecule has 0 aliphatic heterocycles. The van der Waals surface area contributed by atoms with Crippen LogP contribution in [0.1, 0.15) is 31.2 Å². The Kier molecular flexibility index (Phi) is 5.16. The van der Waals surface area contributed by atoms with Crippen molar-refractivity contribution >= 4 is 11.9 Å². The zero-order valence-electron chi connectivity index (χ0n) is 11.5. The molecule has 1 aliphatic carbocycles. The number of carboxylic acids is 1. The zero-order valence-corrected chi connectivity index (χ0v) is 11.5. The lowest BCUT2D eigenvalue weighted by Gasteiger charge is -2.31. The fraction of sp³-hybridized carbons (Fsp3) is 0.500. The number of benzene rings is 1. The second-order valence-corrected chi connectivity index (χ2v) is 5.34. The topological polar surface area (TPSA) is 69.2 Å². The van der Waals surface area contributed by atoms with E-state index in [0.29, 0.717) is 19.4 Å². The summed E-state index contributed by atoms with van der Waals surface area (Å²) in [6.07, 6.45) is 3.75. The van der Waals surface area contributed by atoms with Crippen LogP contribution in [0.25, 0.3) is 0 Å². The number of rotatable bonds is 5. The van der Waals surface area contributed by atoms with Crippen LogP contribution in [-0.4, -0.2) is 18.4 Å². The number of hydrogen-bond donors (Lipinski definition) is 1. The molecule has 1 amide bonds. The van der Waals surface area contributed by atoms with Gasteiger partial charge in [-0.1, -0.05) is 43.2 Å². The molecule has 1 aromatic carbocycles. The first-order valence-corrected chi connectivity index (χ1v) is 7.21. The summed E-state index contributed by atoms with van der Waals surface area (Å²) >= 11 is 0. The normalized spacial score (nSPS) is 22.2. The molecule has 0 saturated heterocycles. The first-order chi connectivity index (χ1) is 9.68. The van der Waals surface area contributed by atoms with Crippen LogP contribution < -0.4 is 10.4 Å². The number of carbonyl (C=O) groups is 2. The van der Waals surface area contributed by atoms with Crippen LogP contribution in [0.5, 0.6) is 0 Å². The molecule has 0 unspecified atom stereocenters. The molecule has 0 bridgehead atoms. The molecule has 0 aromatic heterocycles. The quantitative estimate of drug-likeness (QED) is 0.867. The van der Waals surface area contributed by atoms with Crippen LogP contribution in [-0.2, 0) is 16.0 Å². The summed E-state index contributed by atoms with van der Waals surface area (Å²) in [6.45, 7) is 0.541. The highest BCUT2D eigenvalue weighted by molar-refractivity contribution is 5.84. The fourth-order valence-corrected chi connectivity index (χ4v) is 2.83. The predicted octanol–water partition coefficient (Wildman–Crippen LogP) is 0.902. The fourth-order valence-electron chi connectivity index (χ4n) is 2.83. The van der Waals surface area contributed by atoms with Crippen molar-refractivity contribution in [1.82, 2.24) is 5.32 Å². The summed E-state index contributed by atoms with van der Waals surface area (Å²) < 4.78 is 0. The summed E-state index contributed by atoms with van der Waals surface area (Å²) in [5, 5.41) is 13.9. The third kappa shape index (κ3) is 3.83. The maximum absolute atomic E-state index is 12.1. The van der Waals surface area contributed by atoms with Crippen LogP contribution >= 0.6 is 0 Å². The van der Waals surface area contributed by atoms with E-state index in [2.05, 4.69) is 5.32 Å². The number of hydrogen-bond acceptors (Lipinski definition) is 3. The number of carboxylic acid groups (broad SMARTS) is 1. The highest BCUT2D eigenvalue weighted by Gasteiger charge is 2.31. The van der Waals surface area contributed by atoms with E-state index in [0.717, 1.165) is 24.8 Å². The minimum atomic E-state index is -1.09. The molecule has 0 spiro atoms. The molecule has 1 fully saturated rings. The largest absolute Gasteiger partial charge is 0.550 e. The maximum Gasteiger partial charge on any atom is 0.223 e. The Bertz CT molecular complexity index is 458. The number of aliphatic carboxylic acids is 1. The molecule has 1 aliphatic rings. The van der Waals surface area contributed by atoms with Gasteiger partial charge in [0.15, 0.2) is 0 Å². The third-order valence-electron chi connectivity index (χ3n) is 3.96. The van der Waals surface area contributed by atoms with Gasteiger partial charge < -0.3 is 15.2 Å². The molecular weight excluding hydrogens is 254 g/mol. The van der Waals surface area contributed by atoms with Crippen molar-refractivity contribution in [2.24, 2.45) is 11.8 Å². The smallest absolute Gasteiger partial charge is 0.223 e. The Balaban J connectivity index is 1.83. The van der Waals surface area contributed by atoms with Crippen molar-refractivity contribution in [3.05, 3.63) is 35.9 Å². The monoisotopic (exact) mass is 274 g/mol. The molecule has 2 rings (SSSR count). The van der Waals surface area contributed by atoms with Gasteiger partial charge in [0, 0.05) is 24.3 Å². The molecule has 20 heavy (non-hydrogen) atoms. The van der Waals surface area contributed by atoms with E-state index in [4.69, 9.17) is 0 Å². The summed E-state index contributed by atoms with van der Waals surface area (Å²) in [5.74, 6) is -2.28. The van der Waals surface area contributed by atoms with Crippen LogP contribution in [0.4, 0.5) is 0 Å². The van der Waals surface area contributed by atoms with Gasteiger partial charge in [-0.25, -0.2) is 0 Å². The standard InChI is InChI=1S/C16H21NO3/c18-15(13-8-4-5-9-14(13)16(19)20)17-11-10-12-6-2-1-3-7-12/h1-3,6-7,13-14H,4-5,8-11H2,(H,17,18)(H,19,20)/p-1/t13-,14-/m0/s1. The summed E-state index contributed by atoms with van der Waals surface area (Å²) in [5.41, 5.74) is 1.16. The molecule has 108 valence electrons. The molecule has 1 N–H and O–H groups in total. The summed E-state index contributed by atoms with van der Waals surface area (Å²) in [6, 6.07) is 9.90. The molecule has 1 aromatic rings. The van der Waals surface area contributed by atoms with Crippen molar-refractivity contribution in [1.29, 1.82) is 0 Å². The Morgan fingerprint density at radius 3 is 2.40 bits per heavy atom. The van der Waals surface area contributed by atoms with Gasteiger partial charge in [0.05, 0.1) is 0 Å². The van der Waals surface area contributed by atoms with Crippen molar-refractivity contribution in [2.75, 3.05) is 6.54 Å². The Hall–Kier alpha value is -1.84. The van der Waals surface area contributed by atoms with Crippen molar-refractivity contribution < 1.29 is 14.7 Å². The lowest BCUT2D eigenvalue weighted by molar-refractivity contribution is -0.314. The first kappa shape index (κ1) is 14.6. The number of amides is 1. The van der Waals surface area contributed by atoms with Gasteiger partial charge >= 0.3 is 0 Å². The second kappa shape index (κ2) is 7.08. The van der Waals surface area contributed by atoms with Gasteiger partial charge in [-0.3, -0.25) is 4.79 Å². The van der Waals surface area contributed by atoms with E-state index in [1.54, 1.807) is 0 Å². The zero-order chi connectivity index (χ0) is 14.4. The van der Waals surface area contributed by atoms with E-state index in [9.17, 15) is 14.7 Å². The van der Waals surface area contributed by atoms with E-state index in [1.165, 1.54) is 0 Å². The third-order valence-corrected chi connectivity index (χ3v) is 3.96. The molecule has 4 nitrogen and oxygen atoms in total. The molecule has 0 heterocycles. The lowest BCUT2D eigenvalue weighted by Crippen LogP contribution is -2.44.